The van der Waals surface area contributed by atoms with Gasteiger partial charge in [0.2, 0.25) is 0 Å². The summed E-state index contributed by atoms with van der Waals surface area (Å²) in [7, 11) is 1.54. The van der Waals surface area contributed by atoms with Gasteiger partial charge >= 0.3 is 0 Å². The summed E-state index contributed by atoms with van der Waals surface area (Å²) < 4.78 is 13.7. The van der Waals surface area contributed by atoms with Crippen molar-refractivity contribution in [2.75, 3.05) is 11.9 Å². The van der Waals surface area contributed by atoms with Crippen molar-refractivity contribution in [2.24, 2.45) is 7.05 Å². The van der Waals surface area contributed by atoms with E-state index in [0.29, 0.717) is 12.0 Å². The minimum Gasteiger partial charge on any atom is -0.395 e. The van der Waals surface area contributed by atoms with Gasteiger partial charge in [-0.1, -0.05) is 16.9 Å². The van der Waals surface area contributed by atoms with Crippen molar-refractivity contribution in [1.82, 2.24) is 20.2 Å². The summed E-state index contributed by atoms with van der Waals surface area (Å²) in [5.74, 6) is 4.05. The number of carbonyl (C=O) groups is 1. The summed E-state index contributed by atoms with van der Waals surface area (Å²) in [5.41, 5.74) is 0.306. The Kier molecular flexibility index (Phi) is 4.58. The van der Waals surface area contributed by atoms with Gasteiger partial charge in [0, 0.05) is 12.0 Å². The second-order valence-electron chi connectivity index (χ2n) is 4.03. The quantitative estimate of drug-likeness (QED) is 0.795. The molecule has 7 nitrogen and oxygen atoms in total. The van der Waals surface area contributed by atoms with Crippen LogP contribution in [0.1, 0.15) is 22.3 Å². The van der Waals surface area contributed by atoms with Crippen LogP contribution in [-0.2, 0) is 7.05 Å². The number of halogens is 1. The molecule has 2 N–H and O–H groups in total. The van der Waals surface area contributed by atoms with Crippen molar-refractivity contribution in [3.63, 3.8) is 0 Å². The van der Waals surface area contributed by atoms with Crippen LogP contribution in [0.3, 0.4) is 0 Å². The molecule has 0 saturated carbocycles. The van der Waals surface area contributed by atoms with Gasteiger partial charge in [0.15, 0.2) is 0 Å². The molecule has 0 radical (unpaired) electrons. The first-order valence-electron chi connectivity index (χ1n) is 6.05. The molecule has 1 aromatic carbocycles. The van der Waals surface area contributed by atoms with Crippen molar-refractivity contribution < 1.29 is 14.3 Å². The molecule has 0 saturated heterocycles. The van der Waals surface area contributed by atoms with Crippen LogP contribution >= 0.6 is 0 Å². The number of aromatic nitrogens is 4. The molecular formula is C13H12FN5O2. The average Bonchev–Trinajstić information content (AvgIpc) is 2.86. The van der Waals surface area contributed by atoms with Crippen LogP contribution in [0.4, 0.5) is 10.3 Å². The number of rotatable bonds is 3. The molecule has 1 aromatic heterocycles. The summed E-state index contributed by atoms with van der Waals surface area (Å²) >= 11 is 0. The SMILES string of the molecule is Cn1nnc(NC(=O)c2cc(C#CCCO)ccc2F)n1. The average molecular weight is 289 g/mol. The molecule has 0 fully saturated rings. The summed E-state index contributed by atoms with van der Waals surface area (Å²) in [6, 6.07) is 3.93. The van der Waals surface area contributed by atoms with Gasteiger partial charge in [0.25, 0.3) is 11.9 Å². The molecule has 8 heteroatoms. The fourth-order valence-electron chi connectivity index (χ4n) is 1.50. The van der Waals surface area contributed by atoms with Crippen molar-refractivity contribution >= 4 is 11.9 Å². The number of carbonyl (C=O) groups excluding carboxylic acids is 1. The van der Waals surface area contributed by atoms with Crippen LogP contribution in [0, 0.1) is 17.7 Å². The van der Waals surface area contributed by atoms with Crippen LogP contribution in [-0.4, -0.2) is 37.8 Å². The molecule has 0 spiro atoms. The van der Waals surface area contributed by atoms with E-state index in [-0.39, 0.29) is 18.1 Å². The maximum absolute atomic E-state index is 13.7. The fourth-order valence-corrected chi connectivity index (χ4v) is 1.50. The standard InChI is InChI=1S/C13H12FN5O2/c1-19-17-13(16-18-19)15-12(21)10-8-9(4-2-3-7-20)5-6-11(10)14/h5-6,8,20H,3,7H2,1H3,(H,15,17,21). The zero-order valence-corrected chi connectivity index (χ0v) is 11.2. The van der Waals surface area contributed by atoms with Gasteiger partial charge in [0.1, 0.15) is 5.82 Å². The predicted octanol–water partition coefficient (Wildman–Crippen LogP) is 0.335. The van der Waals surface area contributed by atoms with Crippen LogP contribution in [0.2, 0.25) is 0 Å². The van der Waals surface area contributed by atoms with Crippen molar-refractivity contribution in [3.8, 4) is 11.8 Å². The highest BCUT2D eigenvalue weighted by molar-refractivity contribution is 6.03. The predicted molar refractivity (Wildman–Crippen MR) is 71.7 cm³/mol. The Morgan fingerprint density at radius 2 is 2.33 bits per heavy atom. The third kappa shape index (κ3) is 3.84. The number of anilines is 1. The first kappa shape index (κ1) is 14.6. The van der Waals surface area contributed by atoms with E-state index in [0.717, 1.165) is 6.07 Å². The maximum atomic E-state index is 13.7. The number of amides is 1. The number of hydrogen-bond acceptors (Lipinski definition) is 5. The largest absolute Gasteiger partial charge is 0.395 e. The molecule has 0 aliphatic heterocycles. The minimum atomic E-state index is -0.689. The highest BCUT2D eigenvalue weighted by Gasteiger charge is 2.14. The second kappa shape index (κ2) is 6.58. The second-order valence-corrected chi connectivity index (χ2v) is 4.03. The lowest BCUT2D eigenvalue weighted by molar-refractivity contribution is 0.102. The van der Waals surface area contributed by atoms with E-state index in [4.69, 9.17) is 5.11 Å². The van der Waals surface area contributed by atoms with E-state index in [9.17, 15) is 9.18 Å². The topological polar surface area (TPSA) is 92.9 Å². The highest BCUT2D eigenvalue weighted by atomic mass is 19.1. The van der Waals surface area contributed by atoms with Gasteiger partial charge in [-0.3, -0.25) is 10.1 Å². The van der Waals surface area contributed by atoms with Gasteiger partial charge in [-0.05, 0) is 23.4 Å². The van der Waals surface area contributed by atoms with Crippen LogP contribution in [0.5, 0.6) is 0 Å². The molecular weight excluding hydrogens is 277 g/mol. The monoisotopic (exact) mass is 289 g/mol. The smallest absolute Gasteiger partial charge is 0.270 e. The zero-order chi connectivity index (χ0) is 15.2. The van der Waals surface area contributed by atoms with Gasteiger partial charge in [-0.15, -0.1) is 5.10 Å². The minimum absolute atomic E-state index is 0.0151. The van der Waals surface area contributed by atoms with E-state index >= 15 is 0 Å². The molecule has 1 heterocycles. The molecule has 2 rings (SSSR count). The number of nitrogens with one attached hydrogen (secondary N) is 1. The summed E-state index contributed by atoms with van der Waals surface area (Å²) in [5, 5.41) is 21.9. The molecule has 0 atom stereocenters. The number of tetrazole rings is 1. The number of aliphatic hydroxyl groups is 1. The summed E-state index contributed by atoms with van der Waals surface area (Å²) in [6.45, 7) is -0.0557. The summed E-state index contributed by atoms with van der Waals surface area (Å²) in [4.78, 5) is 13.1. The molecule has 21 heavy (non-hydrogen) atoms. The van der Waals surface area contributed by atoms with E-state index in [1.807, 2.05) is 0 Å². The molecule has 0 aliphatic carbocycles. The lowest BCUT2D eigenvalue weighted by Crippen LogP contribution is -2.15. The Morgan fingerprint density at radius 3 is 3.00 bits per heavy atom. The Morgan fingerprint density at radius 1 is 1.52 bits per heavy atom. The van der Waals surface area contributed by atoms with Crippen molar-refractivity contribution in [3.05, 3.63) is 35.1 Å². The van der Waals surface area contributed by atoms with Crippen molar-refractivity contribution in [1.29, 1.82) is 0 Å². The molecule has 0 unspecified atom stereocenters. The first-order chi connectivity index (χ1) is 10.1. The summed E-state index contributed by atoms with van der Waals surface area (Å²) in [6.07, 6.45) is 0.308. The number of aliphatic hydroxyl groups excluding tert-OH is 1. The van der Waals surface area contributed by atoms with Crippen molar-refractivity contribution in [2.45, 2.75) is 6.42 Å². The number of hydrogen-bond donors (Lipinski definition) is 2. The fraction of sp³-hybridized carbons (Fsp3) is 0.231. The highest BCUT2D eigenvalue weighted by Crippen LogP contribution is 2.11. The van der Waals surface area contributed by atoms with Gasteiger partial charge in [-0.2, -0.15) is 4.80 Å². The Labute approximate surface area is 119 Å². The Balaban J connectivity index is 2.20. The third-order valence-corrected chi connectivity index (χ3v) is 2.41. The lowest BCUT2D eigenvalue weighted by atomic mass is 10.1. The molecule has 1 amide bonds. The third-order valence-electron chi connectivity index (χ3n) is 2.41. The molecule has 2 aromatic rings. The van der Waals surface area contributed by atoms with E-state index < -0.39 is 11.7 Å². The number of aryl methyl sites for hydroxylation is 1. The van der Waals surface area contributed by atoms with E-state index in [2.05, 4.69) is 32.6 Å². The number of benzene rings is 1. The van der Waals surface area contributed by atoms with Crippen LogP contribution in [0.15, 0.2) is 18.2 Å². The lowest BCUT2D eigenvalue weighted by Gasteiger charge is -2.03. The molecule has 0 aliphatic rings. The van der Waals surface area contributed by atoms with Crippen LogP contribution < -0.4 is 5.32 Å². The van der Waals surface area contributed by atoms with Gasteiger partial charge in [0.05, 0.1) is 19.2 Å². The van der Waals surface area contributed by atoms with E-state index in [1.54, 1.807) is 7.05 Å². The zero-order valence-electron chi connectivity index (χ0n) is 11.2. The number of nitrogens with zero attached hydrogens (tertiary/aromatic N) is 4. The maximum Gasteiger partial charge on any atom is 0.270 e. The Bertz CT molecular complexity index is 717. The molecule has 0 bridgehead atoms. The van der Waals surface area contributed by atoms with Gasteiger partial charge in [-0.25, -0.2) is 4.39 Å². The molecule has 108 valence electrons. The van der Waals surface area contributed by atoms with Crippen LogP contribution in [0.25, 0.3) is 0 Å². The van der Waals surface area contributed by atoms with E-state index in [1.165, 1.54) is 16.9 Å². The normalized spacial score (nSPS) is 9.86. The first-order valence-corrected chi connectivity index (χ1v) is 6.05. The Hall–Kier alpha value is -2.79. The van der Waals surface area contributed by atoms with Gasteiger partial charge < -0.3 is 5.11 Å².